The molecule has 3 aliphatic rings. The van der Waals surface area contributed by atoms with E-state index in [0.29, 0.717) is 48.1 Å². The van der Waals surface area contributed by atoms with Crippen molar-refractivity contribution in [3.63, 3.8) is 0 Å². The molecule has 3 aliphatic heterocycles. The van der Waals surface area contributed by atoms with E-state index < -0.39 is 11.8 Å². The van der Waals surface area contributed by atoms with Crippen LogP contribution in [0.25, 0.3) is 0 Å². The number of fused-ring (bicyclic) bond motifs is 2. The van der Waals surface area contributed by atoms with Gasteiger partial charge in [-0.15, -0.1) is 0 Å². The molecule has 1 fully saturated rings. The smallest absolute Gasteiger partial charge is 0.231 e. The minimum Gasteiger partial charge on any atom is -0.454 e. The fourth-order valence-corrected chi connectivity index (χ4v) is 4.89. The molecule has 0 bridgehead atoms. The first-order valence-electron chi connectivity index (χ1n) is 11.3. The second-order valence-corrected chi connectivity index (χ2v) is 8.74. The SMILES string of the molecule is O=C(c1ccc2c(c1)OCO2)[C@@H]1CN(Cc2ccccc2)C(=O)[C@H]1Cc1ccc2c(c1)OCO2. The van der Waals surface area contributed by atoms with E-state index in [9.17, 15) is 9.59 Å². The van der Waals surface area contributed by atoms with Crippen molar-refractivity contribution >= 4 is 11.7 Å². The van der Waals surface area contributed by atoms with Gasteiger partial charge in [-0.2, -0.15) is 0 Å². The topological polar surface area (TPSA) is 74.3 Å². The molecule has 0 radical (unpaired) electrons. The standard InChI is InChI=1S/C27H23NO6/c29-26(19-7-9-23-25(12-19)34-16-32-23)21-14-28(13-17-4-2-1-3-5-17)27(30)20(21)10-18-6-8-22-24(11-18)33-15-31-22/h1-9,11-12,20-21H,10,13-16H2/t20-,21+/m0/s1. The molecule has 7 heteroatoms. The number of Topliss-reactive ketones (excluding diaryl/α,β-unsaturated/α-hetero) is 1. The predicted octanol–water partition coefficient (Wildman–Crippen LogP) is 3.84. The average molecular weight is 457 g/mol. The molecule has 3 heterocycles. The van der Waals surface area contributed by atoms with Crippen LogP contribution in [0.4, 0.5) is 0 Å². The Morgan fingerprint density at radius 2 is 1.47 bits per heavy atom. The number of ether oxygens (including phenoxy) is 4. The third kappa shape index (κ3) is 3.73. The summed E-state index contributed by atoms with van der Waals surface area (Å²) in [5, 5.41) is 0. The van der Waals surface area contributed by atoms with Gasteiger partial charge in [-0.25, -0.2) is 0 Å². The van der Waals surface area contributed by atoms with Crippen LogP contribution in [0.3, 0.4) is 0 Å². The van der Waals surface area contributed by atoms with Gasteiger partial charge < -0.3 is 23.8 Å². The zero-order valence-corrected chi connectivity index (χ0v) is 18.4. The summed E-state index contributed by atoms with van der Waals surface area (Å²) in [5.74, 6) is 1.53. The van der Waals surface area contributed by atoms with Crippen molar-refractivity contribution in [2.24, 2.45) is 11.8 Å². The number of ketones is 1. The normalized spacial score (nSPS) is 20.1. The minimum atomic E-state index is -0.470. The van der Waals surface area contributed by atoms with Crippen molar-refractivity contribution in [2.45, 2.75) is 13.0 Å². The highest BCUT2D eigenvalue weighted by atomic mass is 16.7. The Balaban J connectivity index is 1.30. The fourth-order valence-electron chi connectivity index (χ4n) is 4.89. The number of likely N-dealkylation sites (tertiary alicyclic amines) is 1. The Labute approximate surface area is 196 Å². The number of hydrogen-bond acceptors (Lipinski definition) is 6. The van der Waals surface area contributed by atoms with Gasteiger partial charge >= 0.3 is 0 Å². The number of hydrogen-bond donors (Lipinski definition) is 0. The number of amides is 1. The molecule has 3 aromatic rings. The molecular weight excluding hydrogens is 434 g/mol. The third-order valence-electron chi connectivity index (χ3n) is 6.63. The lowest BCUT2D eigenvalue weighted by Crippen LogP contribution is -2.27. The summed E-state index contributed by atoms with van der Waals surface area (Å²) in [7, 11) is 0. The lowest BCUT2D eigenvalue weighted by Gasteiger charge is -2.17. The summed E-state index contributed by atoms with van der Waals surface area (Å²) >= 11 is 0. The van der Waals surface area contributed by atoms with Crippen LogP contribution in [-0.2, 0) is 17.8 Å². The van der Waals surface area contributed by atoms with Crippen LogP contribution in [0.5, 0.6) is 23.0 Å². The molecule has 1 saturated heterocycles. The van der Waals surface area contributed by atoms with Crippen molar-refractivity contribution in [1.82, 2.24) is 4.90 Å². The van der Waals surface area contributed by atoms with Crippen LogP contribution in [0.15, 0.2) is 66.7 Å². The lowest BCUT2D eigenvalue weighted by molar-refractivity contribution is -0.131. The third-order valence-corrected chi connectivity index (χ3v) is 6.63. The van der Waals surface area contributed by atoms with E-state index in [-0.39, 0.29) is 25.3 Å². The number of rotatable bonds is 6. The van der Waals surface area contributed by atoms with Crippen LogP contribution >= 0.6 is 0 Å². The van der Waals surface area contributed by atoms with E-state index in [0.717, 1.165) is 11.1 Å². The number of carbonyl (C=O) groups excluding carboxylic acids is 2. The molecule has 0 unspecified atom stereocenters. The van der Waals surface area contributed by atoms with E-state index in [1.807, 2.05) is 48.5 Å². The molecule has 0 spiro atoms. The van der Waals surface area contributed by atoms with Gasteiger partial charge in [0.05, 0.1) is 11.8 Å². The zero-order valence-electron chi connectivity index (χ0n) is 18.4. The zero-order chi connectivity index (χ0) is 23.1. The monoisotopic (exact) mass is 457 g/mol. The van der Waals surface area contributed by atoms with Crippen LogP contribution in [0.2, 0.25) is 0 Å². The summed E-state index contributed by atoms with van der Waals surface area (Å²) < 4.78 is 21.8. The Hall–Kier alpha value is -4.00. The fraction of sp³-hybridized carbons (Fsp3) is 0.259. The summed E-state index contributed by atoms with van der Waals surface area (Å²) in [4.78, 5) is 29.0. The van der Waals surface area contributed by atoms with Crippen LogP contribution in [0.1, 0.15) is 21.5 Å². The second kappa shape index (κ2) is 8.41. The summed E-state index contributed by atoms with van der Waals surface area (Å²) in [6, 6.07) is 20.7. The van der Waals surface area contributed by atoms with E-state index >= 15 is 0 Å². The molecule has 2 atom stereocenters. The molecule has 3 aromatic carbocycles. The van der Waals surface area contributed by atoms with Crippen LogP contribution < -0.4 is 18.9 Å². The Morgan fingerprint density at radius 1 is 0.794 bits per heavy atom. The van der Waals surface area contributed by atoms with E-state index in [1.54, 1.807) is 23.1 Å². The average Bonchev–Trinajstić information content (AvgIpc) is 3.59. The van der Waals surface area contributed by atoms with Gasteiger partial charge in [-0.1, -0.05) is 36.4 Å². The molecule has 0 aromatic heterocycles. The quantitative estimate of drug-likeness (QED) is 0.524. The lowest BCUT2D eigenvalue weighted by atomic mass is 9.84. The van der Waals surface area contributed by atoms with Crippen molar-refractivity contribution in [1.29, 1.82) is 0 Å². The van der Waals surface area contributed by atoms with Gasteiger partial charge in [-0.3, -0.25) is 9.59 Å². The minimum absolute atomic E-state index is 0.0133. The number of benzene rings is 3. The maximum absolute atomic E-state index is 13.7. The molecular formula is C27H23NO6. The van der Waals surface area contributed by atoms with Gasteiger partial charge in [0.15, 0.2) is 28.8 Å². The first kappa shape index (κ1) is 20.6. The molecule has 0 aliphatic carbocycles. The number of carbonyl (C=O) groups is 2. The Kier molecular flexibility index (Phi) is 5.09. The molecule has 172 valence electrons. The maximum Gasteiger partial charge on any atom is 0.231 e. The Morgan fingerprint density at radius 3 is 2.24 bits per heavy atom. The first-order chi connectivity index (χ1) is 16.7. The Bertz CT molecular complexity index is 1260. The molecule has 1 amide bonds. The summed E-state index contributed by atoms with van der Waals surface area (Å²) in [6.07, 6.45) is 0.446. The largest absolute Gasteiger partial charge is 0.454 e. The summed E-state index contributed by atoms with van der Waals surface area (Å²) in [5.41, 5.74) is 2.50. The predicted molar refractivity (Wildman–Crippen MR) is 122 cm³/mol. The number of nitrogens with zero attached hydrogens (tertiary/aromatic N) is 1. The molecule has 7 nitrogen and oxygen atoms in total. The van der Waals surface area contributed by atoms with E-state index in [4.69, 9.17) is 18.9 Å². The molecule has 6 rings (SSSR count). The van der Waals surface area contributed by atoms with Gasteiger partial charge in [0, 0.05) is 18.7 Å². The highest BCUT2D eigenvalue weighted by Crippen LogP contribution is 2.38. The van der Waals surface area contributed by atoms with Gasteiger partial charge in [0.25, 0.3) is 0 Å². The molecule has 34 heavy (non-hydrogen) atoms. The van der Waals surface area contributed by atoms with Crippen molar-refractivity contribution in [3.05, 3.63) is 83.4 Å². The van der Waals surface area contributed by atoms with E-state index in [1.165, 1.54) is 0 Å². The summed E-state index contributed by atoms with van der Waals surface area (Å²) in [6.45, 7) is 1.18. The van der Waals surface area contributed by atoms with Gasteiger partial charge in [-0.05, 0) is 47.9 Å². The van der Waals surface area contributed by atoms with Crippen molar-refractivity contribution in [3.8, 4) is 23.0 Å². The van der Waals surface area contributed by atoms with Gasteiger partial charge in [0.2, 0.25) is 19.5 Å². The first-order valence-corrected chi connectivity index (χ1v) is 11.3. The highest BCUT2D eigenvalue weighted by Gasteiger charge is 2.44. The van der Waals surface area contributed by atoms with E-state index in [2.05, 4.69) is 0 Å². The van der Waals surface area contributed by atoms with Crippen molar-refractivity contribution < 1.29 is 28.5 Å². The molecule has 0 N–H and O–H groups in total. The molecule has 0 saturated carbocycles. The maximum atomic E-state index is 13.7. The van der Waals surface area contributed by atoms with Crippen molar-refractivity contribution in [2.75, 3.05) is 20.1 Å². The highest BCUT2D eigenvalue weighted by molar-refractivity contribution is 6.02. The second-order valence-electron chi connectivity index (χ2n) is 8.74. The van der Waals surface area contributed by atoms with Crippen LogP contribution in [-0.4, -0.2) is 36.7 Å². The van der Waals surface area contributed by atoms with Crippen LogP contribution in [0, 0.1) is 11.8 Å². The van der Waals surface area contributed by atoms with Gasteiger partial charge in [0.1, 0.15) is 0 Å².